The van der Waals surface area contributed by atoms with Crippen LogP contribution in [0.1, 0.15) is 15.3 Å². The summed E-state index contributed by atoms with van der Waals surface area (Å²) in [6.45, 7) is 5.48. The number of piperazine rings is 1. The molecule has 1 N–H and O–H groups in total. The summed E-state index contributed by atoms with van der Waals surface area (Å²) in [4.78, 5) is 5.60. The molecule has 2 aromatic carbocycles. The molecular formula is C22H25Cl2N3O2S2. The van der Waals surface area contributed by atoms with Crippen molar-refractivity contribution in [2.45, 2.75) is 24.4 Å². The molecule has 0 saturated carbocycles. The summed E-state index contributed by atoms with van der Waals surface area (Å²) in [5.74, 6) is 0. The Morgan fingerprint density at radius 1 is 1.00 bits per heavy atom. The third kappa shape index (κ3) is 4.78. The highest BCUT2D eigenvalue weighted by molar-refractivity contribution is 7.89. The highest BCUT2D eigenvalue weighted by Gasteiger charge is 2.29. The van der Waals surface area contributed by atoms with E-state index in [1.165, 1.54) is 15.3 Å². The lowest BCUT2D eigenvalue weighted by Gasteiger charge is -2.33. The highest BCUT2D eigenvalue weighted by atomic mass is 35.5. The molecule has 2 aliphatic rings. The van der Waals surface area contributed by atoms with E-state index in [4.69, 9.17) is 11.6 Å². The molecule has 5 rings (SSSR count). The van der Waals surface area contributed by atoms with Crippen molar-refractivity contribution in [3.05, 3.63) is 62.8 Å². The molecule has 1 aromatic heterocycles. The van der Waals surface area contributed by atoms with Gasteiger partial charge in [-0.2, -0.15) is 4.31 Å². The van der Waals surface area contributed by atoms with E-state index in [0.29, 0.717) is 23.0 Å². The number of hydrogen-bond acceptors (Lipinski definition) is 5. The van der Waals surface area contributed by atoms with Crippen LogP contribution in [0.5, 0.6) is 0 Å². The van der Waals surface area contributed by atoms with E-state index in [2.05, 4.69) is 16.3 Å². The van der Waals surface area contributed by atoms with Crippen LogP contribution in [0.3, 0.4) is 0 Å². The number of fused-ring (bicyclic) bond motifs is 2. The van der Waals surface area contributed by atoms with E-state index >= 15 is 0 Å². The minimum absolute atomic E-state index is 0. The molecule has 0 spiro atoms. The first kappa shape index (κ1) is 23.0. The van der Waals surface area contributed by atoms with Crippen LogP contribution in [0, 0.1) is 0 Å². The lowest BCUT2D eigenvalue weighted by molar-refractivity contribution is 0.183. The maximum atomic E-state index is 13.2. The molecule has 1 fully saturated rings. The maximum absolute atomic E-state index is 13.2. The first-order valence-electron chi connectivity index (χ1n) is 10.2. The first-order valence-corrected chi connectivity index (χ1v) is 12.9. The van der Waals surface area contributed by atoms with Crippen molar-refractivity contribution < 1.29 is 8.42 Å². The topological polar surface area (TPSA) is 52.7 Å². The third-order valence-corrected chi connectivity index (χ3v) is 9.27. The quantitative estimate of drug-likeness (QED) is 0.588. The lowest BCUT2D eigenvalue weighted by Crippen LogP contribution is -2.48. The SMILES string of the molecule is Cl.O=S(=O)(c1ccc2cc(Cl)ccc2c1)N1CCN(Cc2cc3c(s2)CCNC3)CC1. The minimum atomic E-state index is -3.49. The predicted octanol–water partition coefficient (Wildman–Crippen LogP) is 4.13. The molecule has 3 heterocycles. The van der Waals surface area contributed by atoms with Gasteiger partial charge in [0.25, 0.3) is 0 Å². The molecule has 31 heavy (non-hydrogen) atoms. The Bertz CT molecular complexity index is 1170. The van der Waals surface area contributed by atoms with Crippen LogP contribution < -0.4 is 5.32 Å². The van der Waals surface area contributed by atoms with Crippen molar-refractivity contribution in [3.63, 3.8) is 0 Å². The van der Waals surface area contributed by atoms with Gasteiger partial charge in [-0.05, 0) is 53.1 Å². The van der Waals surface area contributed by atoms with Gasteiger partial charge in [0.1, 0.15) is 0 Å². The number of halogens is 2. The summed E-state index contributed by atoms with van der Waals surface area (Å²) in [5, 5.41) is 5.90. The molecule has 9 heteroatoms. The first-order chi connectivity index (χ1) is 14.5. The monoisotopic (exact) mass is 497 g/mol. The van der Waals surface area contributed by atoms with E-state index in [1.54, 1.807) is 22.5 Å². The van der Waals surface area contributed by atoms with Crippen molar-refractivity contribution in [2.75, 3.05) is 32.7 Å². The smallest absolute Gasteiger partial charge is 0.243 e. The van der Waals surface area contributed by atoms with Gasteiger partial charge in [-0.3, -0.25) is 4.90 Å². The number of rotatable bonds is 4. The molecule has 0 unspecified atom stereocenters. The fourth-order valence-corrected chi connectivity index (χ4v) is 7.11. The second-order valence-electron chi connectivity index (χ2n) is 7.92. The van der Waals surface area contributed by atoms with Gasteiger partial charge < -0.3 is 5.32 Å². The van der Waals surface area contributed by atoms with Crippen LogP contribution in [0.2, 0.25) is 5.02 Å². The molecule has 1 saturated heterocycles. The van der Waals surface area contributed by atoms with Crippen LogP contribution in [0.25, 0.3) is 10.8 Å². The van der Waals surface area contributed by atoms with E-state index in [0.717, 1.165) is 49.9 Å². The lowest BCUT2D eigenvalue weighted by atomic mass is 10.1. The van der Waals surface area contributed by atoms with Gasteiger partial charge >= 0.3 is 0 Å². The van der Waals surface area contributed by atoms with Gasteiger partial charge in [-0.15, -0.1) is 23.7 Å². The second kappa shape index (κ2) is 9.35. The third-order valence-electron chi connectivity index (χ3n) is 5.91. The van der Waals surface area contributed by atoms with Crippen molar-refractivity contribution in [2.24, 2.45) is 0 Å². The van der Waals surface area contributed by atoms with Crippen molar-refractivity contribution in [1.82, 2.24) is 14.5 Å². The van der Waals surface area contributed by atoms with E-state index in [-0.39, 0.29) is 12.4 Å². The molecular weight excluding hydrogens is 473 g/mol. The van der Waals surface area contributed by atoms with Crippen molar-refractivity contribution in [3.8, 4) is 0 Å². The molecule has 0 atom stereocenters. The zero-order chi connectivity index (χ0) is 20.7. The van der Waals surface area contributed by atoms with Gasteiger partial charge in [0.05, 0.1) is 4.90 Å². The van der Waals surface area contributed by atoms with Crippen LogP contribution in [-0.4, -0.2) is 50.3 Å². The predicted molar refractivity (Wildman–Crippen MR) is 130 cm³/mol. The zero-order valence-corrected chi connectivity index (χ0v) is 20.2. The Morgan fingerprint density at radius 2 is 1.74 bits per heavy atom. The fraction of sp³-hybridized carbons (Fsp3) is 0.364. The zero-order valence-electron chi connectivity index (χ0n) is 17.0. The van der Waals surface area contributed by atoms with Gasteiger partial charge in [-0.25, -0.2) is 8.42 Å². The average Bonchev–Trinajstić information content (AvgIpc) is 3.16. The Balaban J connectivity index is 0.00000231. The molecule has 0 amide bonds. The molecule has 0 radical (unpaired) electrons. The van der Waals surface area contributed by atoms with Crippen LogP contribution in [0.15, 0.2) is 47.4 Å². The Hall–Kier alpha value is -1.19. The largest absolute Gasteiger partial charge is 0.312 e. The van der Waals surface area contributed by atoms with Crippen LogP contribution >= 0.6 is 35.3 Å². The Kier molecular flexibility index (Phi) is 6.93. The van der Waals surface area contributed by atoms with Gasteiger partial charge in [0, 0.05) is 60.6 Å². The molecule has 0 aliphatic carbocycles. The van der Waals surface area contributed by atoms with Gasteiger partial charge in [0.15, 0.2) is 0 Å². The maximum Gasteiger partial charge on any atom is 0.243 e. The summed E-state index contributed by atoms with van der Waals surface area (Å²) >= 11 is 7.95. The highest BCUT2D eigenvalue weighted by Crippen LogP contribution is 2.28. The van der Waals surface area contributed by atoms with E-state index in [1.807, 2.05) is 29.5 Å². The number of benzene rings is 2. The summed E-state index contributed by atoms with van der Waals surface area (Å²) in [6, 6.07) is 13.1. The van der Waals surface area contributed by atoms with Crippen LogP contribution in [0.4, 0.5) is 0 Å². The number of hydrogen-bond donors (Lipinski definition) is 1. The number of sulfonamides is 1. The minimum Gasteiger partial charge on any atom is -0.312 e. The standard InChI is InChI=1S/C22H24ClN3O2S2.ClH/c23-19-3-1-17-13-21(4-2-16(17)11-19)30(27,28)26-9-7-25(8-10-26)15-20-12-18-14-24-6-5-22(18)29-20;/h1-4,11-13,24H,5-10,14-15H2;1H. The van der Waals surface area contributed by atoms with Crippen molar-refractivity contribution >= 4 is 56.1 Å². The summed E-state index contributed by atoms with van der Waals surface area (Å²) in [5.41, 5.74) is 1.43. The molecule has 5 nitrogen and oxygen atoms in total. The van der Waals surface area contributed by atoms with E-state index < -0.39 is 10.0 Å². The summed E-state index contributed by atoms with van der Waals surface area (Å²) in [6.07, 6.45) is 1.12. The number of nitrogens with one attached hydrogen (secondary N) is 1. The second-order valence-corrected chi connectivity index (χ2v) is 11.5. The van der Waals surface area contributed by atoms with E-state index in [9.17, 15) is 8.42 Å². The normalized spacial score (nSPS) is 18.0. The van der Waals surface area contributed by atoms with Crippen LogP contribution in [-0.2, 0) is 29.5 Å². The molecule has 0 bridgehead atoms. The Morgan fingerprint density at radius 3 is 2.52 bits per heavy atom. The number of nitrogens with zero attached hydrogens (tertiary/aromatic N) is 2. The van der Waals surface area contributed by atoms with Gasteiger partial charge in [0.2, 0.25) is 10.0 Å². The molecule has 2 aliphatic heterocycles. The average molecular weight is 499 g/mol. The number of thiophene rings is 1. The summed E-state index contributed by atoms with van der Waals surface area (Å²) < 4.78 is 28.0. The molecule has 3 aromatic rings. The molecule has 166 valence electrons. The van der Waals surface area contributed by atoms with Gasteiger partial charge in [-0.1, -0.05) is 23.7 Å². The van der Waals surface area contributed by atoms with Crippen molar-refractivity contribution in [1.29, 1.82) is 0 Å². The Labute approximate surface area is 198 Å². The fourth-order valence-electron chi connectivity index (χ4n) is 4.24. The summed E-state index contributed by atoms with van der Waals surface area (Å²) in [7, 11) is -3.49.